The summed E-state index contributed by atoms with van der Waals surface area (Å²) in [5, 5.41) is 0. The van der Waals surface area contributed by atoms with Crippen LogP contribution in [0.2, 0.25) is 0 Å². The fourth-order valence-electron chi connectivity index (χ4n) is 2.53. The second-order valence-corrected chi connectivity index (χ2v) is 5.93. The van der Waals surface area contributed by atoms with E-state index in [4.69, 9.17) is 9.47 Å². The predicted molar refractivity (Wildman–Crippen MR) is 67.9 cm³/mol. The zero-order chi connectivity index (χ0) is 11.3. The molecule has 2 fully saturated rings. The molecule has 0 amide bonds. The normalized spacial score (nSPS) is 25.3. The lowest BCUT2D eigenvalue weighted by Crippen LogP contribution is -2.49. The first-order valence-electron chi connectivity index (χ1n) is 6.43. The topological polar surface area (TPSA) is 21.7 Å². The van der Waals surface area contributed by atoms with Crippen molar-refractivity contribution in [3.8, 4) is 0 Å². The summed E-state index contributed by atoms with van der Waals surface area (Å²) in [6.07, 6.45) is 3.57. The van der Waals surface area contributed by atoms with E-state index in [0.29, 0.717) is 0 Å². The fourth-order valence-corrected chi connectivity index (χ4v) is 3.15. The van der Waals surface area contributed by atoms with Crippen molar-refractivity contribution < 1.29 is 9.47 Å². The van der Waals surface area contributed by atoms with E-state index in [9.17, 15) is 0 Å². The maximum Gasteiger partial charge on any atom is 0.181 e. The molecule has 1 spiro atoms. The van der Waals surface area contributed by atoms with Crippen molar-refractivity contribution in [2.24, 2.45) is 0 Å². The van der Waals surface area contributed by atoms with Gasteiger partial charge in [-0.3, -0.25) is 4.90 Å². The largest absolute Gasteiger partial charge is 0.346 e. The van der Waals surface area contributed by atoms with Crippen LogP contribution in [0, 0.1) is 0 Å². The SMILES string of the molecule is CCSCCCN1CCCC2(C1)OCCO2. The van der Waals surface area contributed by atoms with Gasteiger partial charge in [0.2, 0.25) is 0 Å². The monoisotopic (exact) mass is 245 g/mol. The van der Waals surface area contributed by atoms with E-state index in [1.54, 1.807) is 0 Å². The van der Waals surface area contributed by atoms with E-state index < -0.39 is 0 Å². The minimum Gasteiger partial charge on any atom is -0.346 e. The smallest absolute Gasteiger partial charge is 0.181 e. The van der Waals surface area contributed by atoms with E-state index in [1.165, 1.54) is 37.4 Å². The highest BCUT2D eigenvalue weighted by Crippen LogP contribution is 2.29. The van der Waals surface area contributed by atoms with E-state index in [-0.39, 0.29) is 5.79 Å². The summed E-state index contributed by atoms with van der Waals surface area (Å²) in [4.78, 5) is 2.50. The Bertz CT molecular complexity index is 207. The zero-order valence-corrected chi connectivity index (χ0v) is 11.1. The van der Waals surface area contributed by atoms with Crippen molar-refractivity contribution in [3.05, 3.63) is 0 Å². The Balaban J connectivity index is 1.70. The first kappa shape index (κ1) is 12.7. The number of piperidine rings is 1. The van der Waals surface area contributed by atoms with Gasteiger partial charge >= 0.3 is 0 Å². The second-order valence-electron chi connectivity index (χ2n) is 4.54. The number of nitrogens with zero attached hydrogens (tertiary/aromatic N) is 1. The molecule has 0 radical (unpaired) electrons. The number of hydrogen-bond donors (Lipinski definition) is 0. The van der Waals surface area contributed by atoms with Gasteiger partial charge in [0.25, 0.3) is 0 Å². The second kappa shape index (κ2) is 6.24. The third kappa shape index (κ3) is 3.36. The summed E-state index contributed by atoms with van der Waals surface area (Å²) in [5.74, 6) is 2.27. The van der Waals surface area contributed by atoms with E-state index >= 15 is 0 Å². The van der Waals surface area contributed by atoms with E-state index in [0.717, 1.165) is 26.2 Å². The molecule has 2 aliphatic heterocycles. The van der Waals surface area contributed by atoms with Crippen molar-refractivity contribution in [1.82, 2.24) is 4.90 Å². The Morgan fingerprint density at radius 1 is 1.31 bits per heavy atom. The molecule has 0 aromatic carbocycles. The average Bonchev–Trinajstić information content (AvgIpc) is 2.73. The van der Waals surface area contributed by atoms with Crippen molar-refractivity contribution >= 4 is 11.8 Å². The summed E-state index contributed by atoms with van der Waals surface area (Å²) in [6.45, 7) is 7.16. The Morgan fingerprint density at radius 2 is 2.12 bits per heavy atom. The Kier molecular flexibility index (Phi) is 4.95. The predicted octanol–water partition coefficient (Wildman–Crippen LogP) is 1.97. The molecule has 2 aliphatic rings. The number of hydrogen-bond acceptors (Lipinski definition) is 4. The third-order valence-corrected chi connectivity index (χ3v) is 4.26. The molecule has 3 nitrogen and oxygen atoms in total. The minimum atomic E-state index is -0.240. The van der Waals surface area contributed by atoms with Crippen LogP contribution in [-0.4, -0.2) is 55.0 Å². The summed E-state index contributed by atoms with van der Waals surface area (Å²) in [5.41, 5.74) is 0. The molecule has 0 bridgehead atoms. The van der Waals surface area contributed by atoms with Crippen LogP contribution < -0.4 is 0 Å². The van der Waals surface area contributed by atoms with Gasteiger partial charge in [-0.15, -0.1) is 0 Å². The molecular formula is C12H23NO2S. The highest BCUT2D eigenvalue weighted by molar-refractivity contribution is 7.99. The van der Waals surface area contributed by atoms with Crippen molar-refractivity contribution in [2.45, 2.75) is 32.0 Å². The molecule has 2 rings (SSSR count). The Hall–Kier alpha value is 0.230. The highest BCUT2D eigenvalue weighted by Gasteiger charge is 2.40. The molecule has 2 heterocycles. The average molecular weight is 245 g/mol. The van der Waals surface area contributed by atoms with E-state index in [2.05, 4.69) is 11.8 Å². The lowest BCUT2D eigenvalue weighted by atomic mass is 10.0. The molecule has 2 saturated heterocycles. The molecule has 0 atom stereocenters. The molecule has 0 N–H and O–H groups in total. The van der Waals surface area contributed by atoms with Crippen LogP contribution in [0.25, 0.3) is 0 Å². The Morgan fingerprint density at radius 3 is 2.88 bits per heavy atom. The molecule has 94 valence electrons. The van der Waals surface area contributed by atoms with Crippen LogP contribution in [0.4, 0.5) is 0 Å². The van der Waals surface area contributed by atoms with Gasteiger partial charge in [0, 0.05) is 6.42 Å². The highest BCUT2D eigenvalue weighted by atomic mass is 32.2. The Labute approximate surface area is 103 Å². The molecule has 0 aliphatic carbocycles. The minimum absolute atomic E-state index is 0.240. The van der Waals surface area contributed by atoms with Gasteiger partial charge < -0.3 is 9.47 Å². The number of thioether (sulfide) groups is 1. The first-order valence-corrected chi connectivity index (χ1v) is 7.58. The summed E-state index contributed by atoms with van der Waals surface area (Å²) >= 11 is 2.03. The zero-order valence-electron chi connectivity index (χ0n) is 10.2. The lowest BCUT2D eigenvalue weighted by Gasteiger charge is -2.38. The maximum atomic E-state index is 5.77. The van der Waals surface area contributed by atoms with Gasteiger partial charge in [-0.2, -0.15) is 11.8 Å². The summed E-state index contributed by atoms with van der Waals surface area (Å²) in [6, 6.07) is 0. The van der Waals surface area contributed by atoms with Gasteiger partial charge in [-0.1, -0.05) is 6.92 Å². The molecule has 4 heteroatoms. The molecule has 0 aromatic heterocycles. The molecule has 0 saturated carbocycles. The summed E-state index contributed by atoms with van der Waals surface area (Å²) in [7, 11) is 0. The van der Waals surface area contributed by atoms with Crippen LogP contribution in [0.1, 0.15) is 26.2 Å². The van der Waals surface area contributed by atoms with Crippen molar-refractivity contribution in [2.75, 3.05) is 44.4 Å². The van der Waals surface area contributed by atoms with Crippen molar-refractivity contribution in [3.63, 3.8) is 0 Å². The van der Waals surface area contributed by atoms with Crippen LogP contribution in [0.15, 0.2) is 0 Å². The van der Waals surface area contributed by atoms with Gasteiger partial charge in [0.1, 0.15) is 0 Å². The van der Waals surface area contributed by atoms with Gasteiger partial charge in [0.05, 0.1) is 19.8 Å². The van der Waals surface area contributed by atoms with Crippen LogP contribution >= 0.6 is 11.8 Å². The first-order chi connectivity index (χ1) is 7.85. The van der Waals surface area contributed by atoms with Gasteiger partial charge in [-0.05, 0) is 37.4 Å². The number of ether oxygens (including phenoxy) is 2. The van der Waals surface area contributed by atoms with Crippen LogP contribution in [0.5, 0.6) is 0 Å². The standard InChI is InChI=1S/C12H23NO2S/c1-2-16-10-4-7-13-6-3-5-12(11-13)14-8-9-15-12/h2-11H2,1H3. The van der Waals surface area contributed by atoms with Crippen LogP contribution in [0.3, 0.4) is 0 Å². The van der Waals surface area contributed by atoms with Gasteiger partial charge in [0.15, 0.2) is 5.79 Å². The molecular weight excluding hydrogens is 222 g/mol. The van der Waals surface area contributed by atoms with E-state index in [1.807, 2.05) is 11.8 Å². The number of rotatable bonds is 5. The maximum absolute atomic E-state index is 5.77. The fraction of sp³-hybridized carbons (Fsp3) is 1.00. The lowest BCUT2D eigenvalue weighted by molar-refractivity contribution is -0.189. The number of likely N-dealkylation sites (tertiary alicyclic amines) is 1. The quantitative estimate of drug-likeness (QED) is 0.690. The van der Waals surface area contributed by atoms with Gasteiger partial charge in [-0.25, -0.2) is 0 Å². The third-order valence-electron chi connectivity index (χ3n) is 3.28. The molecule has 0 unspecified atom stereocenters. The summed E-state index contributed by atoms with van der Waals surface area (Å²) < 4.78 is 11.5. The molecule has 0 aromatic rings. The molecule has 16 heavy (non-hydrogen) atoms. The van der Waals surface area contributed by atoms with Crippen LogP contribution in [-0.2, 0) is 9.47 Å². The van der Waals surface area contributed by atoms with Crippen molar-refractivity contribution in [1.29, 1.82) is 0 Å².